The van der Waals surface area contributed by atoms with E-state index >= 15 is 0 Å². The van der Waals surface area contributed by atoms with Crippen molar-refractivity contribution >= 4 is 22.6 Å². The number of hydrogen-bond acceptors (Lipinski definition) is 1. The Balaban J connectivity index is 2.58. The van der Waals surface area contributed by atoms with Crippen molar-refractivity contribution in [2.75, 3.05) is 0 Å². The van der Waals surface area contributed by atoms with Gasteiger partial charge >= 0.3 is 0 Å². The maximum Gasteiger partial charge on any atom is 0.184 e. The molecule has 1 heterocycles. The number of alkyl halides is 1. The molecule has 1 atom stereocenters. The van der Waals surface area contributed by atoms with Crippen LogP contribution in [0.4, 0.5) is 8.78 Å². The molecule has 0 N–H and O–H groups in total. The molecular formula is C15H19ClF2N2. The number of rotatable bonds is 3. The summed E-state index contributed by atoms with van der Waals surface area (Å²) in [5.41, 5.74) is 0.710. The Hall–Kier alpha value is -1.16. The highest BCUT2D eigenvalue weighted by atomic mass is 35.5. The van der Waals surface area contributed by atoms with Crippen molar-refractivity contribution in [3.8, 4) is 0 Å². The normalized spacial score (nSPS) is 13.9. The van der Waals surface area contributed by atoms with Gasteiger partial charge in [0, 0.05) is 6.54 Å². The van der Waals surface area contributed by atoms with Gasteiger partial charge in [-0.3, -0.25) is 0 Å². The largest absolute Gasteiger partial charge is 0.324 e. The van der Waals surface area contributed by atoms with E-state index in [9.17, 15) is 8.78 Å². The summed E-state index contributed by atoms with van der Waals surface area (Å²) in [5, 5.41) is 0. The van der Waals surface area contributed by atoms with E-state index in [2.05, 4.69) is 32.7 Å². The van der Waals surface area contributed by atoms with E-state index in [1.54, 1.807) is 4.57 Å². The molecule has 1 aromatic carbocycles. The lowest BCUT2D eigenvalue weighted by atomic mass is 9.82. The van der Waals surface area contributed by atoms with E-state index in [1.807, 2.05) is 0 Å². The minimum absolute atomic E-state index is 0.0595. The van der Waals surface area contributed by atoms with Crippen LogP contribution in [0.5, 0.6) is 0 Å². The van der Waals surface area contributed by atoms with Crippen molar-refractivity contribution in [3.63, 3.8) is 0 Å². The molecule has 0 fully saturated rings. The van der Waals surface area contributed by atoms with Crippen LogP contribution in [-0.4, -0.2) is 9.55 Å². The number of nitrogens with zero attached hydrogens (tertiary/aromatic N) is 2. The fourth-order valence-electron chi connectivity index (χ4n) is 2.05. The second kappa shape index (κ2) is 5.32. The second-order valence-corrected chi connectivity index (χ2v) is 6.54. The minimum atomic E-state index is -0.858. The Morgan fingerprint density at radius 1 is 1.30 bits per heavy atom. The van der Waals surface area contributed by atoms with Gasteiger partial charge in [-0.2, -0.15) is 0 Å². The third-order valence-corrected chi connectivity index (χ3v) is 4.17. The molecule has 0 aliphatic rings. The summed E-state index contributed by atoms with van der Waals surface area (Å²) < 4.78 is 29.2. The van der Waals surface area contributed by atoms with Gasteiger partial charge in [-0.15, -0.1) is 11.6 Å². The SMILES string of the molecule is CC(Cn1c(CCl)nc2ccc(F)c(F)c21)C(C)(C)C. The molecule has 0 saturated carbocycles. The van der Waals surface area contributed by atoms with Crippen molar-refractivity contribution in [1.82, 2.24) is 9.55 Å². The van der Waals surface area contributed by atoms with Crippen molar-refractivity contribution < 1.29 is 8.78 Å². The Labute approximate surface area is 122 Å². The molecule has 0 amide bonds. The first-order chi connectivity index (χ1) is 9.25. The lowest BCUT2D eigenvalue weighted by Gasteiger charge is -2.28. The molecular weight excluding hydrogens is 282 g/mol. The van der Waals surface area contributed by atoms with Crippen LogP contribution >= 0.6 is 11.6 Å². The van der Waals surface area contributed by atoms with Crippen LogP contribution in [0.3, 0.4) is 0 Å². The van der Waals surface area contributed by atoms with Gasteiger partial charge < -0.3 is 4.57 Å². The summed E-state index contributed by atoms with van der Waals surface area (Å²) in [6.45, 7) is 9.00. The van der Waals surface area contributed by atoms with Crippen molar-refractivity contribution in [2.45, 2.75) is 40.1 Å². The highest BCUT2D eigenvalue weighted by molar-refractivity contribution is 6.16. The summed E-state index contributed by atoms with van der Waals surface area (Å²) >= 11 is 5.89. The quantitative estimate of drug-likeness (QED) is 0.749. The third-order valence-electron chi connectivity index (χ3n) is 3.93. The maximum atomic E-state index is 14.1. The van der Waals surface area contributed by atoms with Gasteiger partial charge in [0.1, 0.15) is 11.3 Å². The fraction of sp³-hybridized carbons (Fsp3) is 0.533. The molecule has 2 rings (SSSR count). The van der Waals surface area contributed by atoms with E-state index < -0.39 is 11.6 Å². The molecule has 1 aromatic heterocycles. The van der Waals surface area contributed by atoms with Gasteiger partial charge in [-0.05, 0) is 23.5 Å². The number of fused-ring (bicyclic) bond motifs is 1. The van der Waals surface area contributed by atoms with Gasteiger partial charge in [0.2, 0.25) is 0 Å². The fourth-order valence-corrected chi connectivity index (χ4v) is 2.26. The zero-order valence-corrected chi connectivity index (χ0v) is 12.9. The average molecular weight is 301 g/mol. The number of halogens is 3. The van der Waals surface area contributed by atoms with Crippen LogP contribution in [0, 0.1) is 23.0 Å². The van der Waals surface area contributed by atoms with Gasteiger partial charge in [-0.1, -0.05) is 27.7 Å². The highest BCUT2D eigenvalue weighted by Gasteiger charge is 2.24. The van der Waals surface area contributed by atoms with E-state index in [1.165, 1.54) is 6.07 Å². The molecule has 1 unspecified atom stereocenters. The molecule has 0 aliphatic carbocycles. The minimum Gasteiger partial charge on any atom is -0.324 e. The highest BCUT2D eigenvalue weighted by Crippen LogP contribution is 2.30. The monoisotopic (exact) mass is 300 g/mol. The zero-order chi connectivity index (χ0) is 15.1. The summed E-state index contributed by atoms with van der Waals surface area (Å²) in [4.78, 5) is 4.29. The van der Waals surface area contributed by atoms with E-state index in [0.29, 0.717) is 17.9 Å². The first-order valence-corrected chi connectivity index (χ1v) is 7.18. The van der Waals surface area contributed by atoms with E-state index in [4.69, 9.17) is 11.6 Å². The first kappa shape index (κ1) is 15.2. The van der Waals surface area contributed by atoms with Crippen LogP contribution in [-0.2, 0) is 12.4 Å². The Morgan fingerprint density at radius 2 is 1.95 bits per heavy atom. The molecule has 5 heteroatoms. The van der Waals surface area contributed by atoms with Crippen molar-refractivity contribution in [2.24, 2.45) is 11.3 Å². The number of aromatic nitrogens is 2. The Morgan fingerprint density at radius 3 is 2.50 bits per heavy atom. The first-order valence-electron chi connectivity index (χ1n) is 6.64. The maximum absolute atomic E-state index is 14.1. The van der Waals surface area contributed by atoms with Crippen LogP contribution in [0.1, 0.15) is 33.5 Å². The number of benzene rings is 1. The standard InChI is InChI=1S/C15H19ClF2N2/c1-9(15(2,3)4)8-20-12(7-16)19-11-6-5-10(17)13(18)14(11)20/h5-6,9H,7-8H2,1-4H3. The lowest BCUT2D eigenvalue weighted by Crippen LogP contribution is -2.23. The third kappa shape index (κ3) is 2.66. The summed E-state index contributed by atoms with van der Waals surface area (Å²) in [7, 11) is 0. The van der Waals surface area contributed by atoms with Crippen molar-refractivity contribution in [3.05, 3.63) is 29.6 Å². The van der Waals surface area contributed by atoms with Gasteiger partial charge in [0.15, 0.2) is 11.6 Å². The topological polar surface area (TPSA) is 17.8 Å². The number of hydrogen-bond donors (Lipinski definition) is 0. The van der Waals surface area contributed by atoms with Crippen LogP contribution in [0.25, 0.3) is 11.0 Å². The summed E-state index contributed by atoms with van der Waals surface area (Å²) in [5.74, 6) is -0.700. The Bertz CT molecular complexity index is 629. The summed E-state index contributed by atoms with van der Waals surface area (Å²) in [6.07, 6.45) is 0. The van der Waals surface area contributed by atoms with Gasteiger partial charge in [0.25, 0.3) is 0 Å². The molecule has 110 valence electrons. The smallest absolute Gasteiger partial charge is 0.184 e. The lowest BCUT2D eigenvalue weighted by molar-refractivity contribution is 0.233. The predicted octanol–water partition coefficient (Wildman–Crippen LogP) is 4.74. The number of imidazole rings is 1. The second-order valence-electron chi connectivity index (χ2n) is 6.27. The zero-order valence-electron chi connectivity index (χ0n) is 12.2. The summed E-state index contributed by atoms with van der Waals surface area (Å²) in [6, 6.07) is 2.59. The Kier molecular flexibility index (Phi) is 4.05. The molecule has 20 heavy (non-hydrogen) atoms. The predicted molar refractivity (Wildman–Crippen MR) is 77.8 cm³/mol. The molecule has 0 radical (unpaired) electrons. The van der Waals surface area contributed by atoms with Gasteiger partial charge in [-0.25, -0.2) is 13.8 Å². The van der Waals surface area contributed by atoms with Crippen LogP contribution in [0.2, 0.25) is 0 Å². The molecule has 0 spiro atoms. The molecule has 2 nitrogen and oxygen atoms in total. The molecule has 0 saturated heterocycles. The van der Waals surface area contributed by atoms with Crippen LogP contribution in [0.15, 0.2) is 12.1 Å². The van der Waals surface area contributed by atoms with E-state index in [-0.39, 0.29) is 22.7 Å². The molecule has 2 aromatic rings. The van der Waals surface area contributed by atoms with Gasteiger partial charge in [0.05, 0.1) is 11.4 Å². The molecule has 0 aliphatic heterocycles. The van der Waals surface area contributed by atoms with Crippen molar-refractivity contribution in [1.29, 1.82) is 0 Å². The van der Waals surface area contributed by atoms with E-state index in [0.717, 1.165) is 6.07 Å². The molecule has 0 bridgehead atoms. The van der Waals surface area contributed by atoms with Crippen LogP contribution < -0.4 is 0 Å². The average Bonchev–Trinajstić information content (AvgIpc) is 2.71.